The predicted molar refractivity (Wildman–Crippen MR) is 405 cm³/mol. The molecule has 536 valence electrons. The van der Waals surface area contributed by atoms with Gasteiger partial charge >= 0.3 is 34.7 Å². The quantitative estimate of drug-likeness (QED) is 0.0196. The van der Waals surface area contributed by atoms with E-state index in [1.54, 1.807) is 0 Å². The third kappa shape index (κ3) is 21.7. The van der Waals surface area contributed by atoms with Crippen LogP contribution < -0.4 is 28.7 Å². The Morgan fingerprint density at radius 1 is 0.323 bits per heavy atom. The Morgan fingerprint density at radius 3 is 0.687 bits per heavy atom. The lowest BCUT2D eigenvalue weighted by Gasteiger charge is -2.35. The molecule has 0 heterocycles. The highest BCUT2D eigenvalue weighted by atomic mass is 31.2. The molecule has 99 heavy (non-hydrogen) atoms. The Bertz CT molecular complexity index is 3670. The lowest BCUT2D eigenvalue weighted by Crippen LogP contribution is -2.23. The van der Waals surface area contributed by atoms with E-state index in [1.165, 1.54) is 27.4 Å². The van der Waals surface area contributed by atoms with Crippen molar-refractivity contribution >= 4 is 57.3 Å². The third-order valence-corrected chi connectivity index (χ3v) is 20.4. The van der Waals surface area contributed by atoms with Crippen LogP contribution in [0.15, 0.2) is 102 Å². The minimum atomic E-state index is -1.99. The second kappa shape index (κ2) is 31.8. The maximum atomic E-state index is 12.6. The highest BCUT2D eigenvalue weighted by Crippen LogP contribution is 2.55. The standard InChI is InChI=1S/C84H113NO12P2/c1-77(2,3)61-44-53(28-40-69(87)85-52-86)45-62(78(4,5)6)73(61)94-98(95-74-63(79(7,8)9)46-54(29-41-70(88)91-25)47-64(74)80(10,11)12)59-36-32-57(33-37-59)58-34-38-60(39-35-58)99(96-75-65(81(13,14)15)48-55(30-42-71(89)92-26)49-66(75)82(16,17)18)97-76-67(83(19,20)21)50-56(31-43-72(90)93-27)51-68(76)84(22,23)24/h32-39,44-51H,28-31,40-43H2,1-27H3. The Labute approximate surface area is 595 Å². The SMILES string of the molecule is COC(=O)CCc1cc(C(C)(C)C)c(OP(Oc2c(C(C)(C)C)cc(CCC(=O)N=C=O)cc2C(C)(C)C)c2ccc(-c3ccc(P(Oc4c(C(C)(C)C)cc(CCC(=O)OC)cc4C(C)(C)C)Oc4c(C(C)(C)C)cc(CCC(=O)OC)cc4C(C)(C)C)cc3)cc2)c(C(C)(C)C)c1. The highest BCUT2D eigenvalue weighted by Gasteiger charge is 2.38. The molecule has 13 nitrogen and oxygen atoms in total. The molecule has 0 fully saturated rings. The van der Waals surface area contributed by atoms with E-state index in [1.807, 2.05) is 0 Å². The van der Waals surface area contributed by atoms with E-state index in [0.29, 0.717) is 31.4 Å². The van der Waals surface area contributed by atoms with E-state index in [2.05, 4.69) is 268 Å². The first-order valence-electron chi connectivity index (χ1n) is 34.6. The summed E-state index contributed by atoms with van der Waals surface area (Å²) >= 11 is 0. The fourth-order valence-corrected chi connectivity index (χ4v) is 14.4. The van der Waals surface area contributed by atoms with Crippen LogP contribution in [-0.2, 0) is 107 Å². The number of esters is 3. The van der Waals surface area contributed by atoms with Crippen LogP contribution in [0.3, 0.4) is 0 Å². The van der Waals surface area contributed by atoms with Crippen LogP contribution in [0, 0.1) is 0 Å². The lowest BCUT2D eigenvalue weighted by atomic mass is 9.78. The minimum absolute atomic E-state index is 0.0525. The summed E-state index contributed by atoms with van der Waals surface area (Å²) < 4.78 is 45.9. The summed E-state index contributed by atoms with van der Waals surface area (Å²) in [6.07, 6.45) is 4.04. The van der Waals surface area contributed by atoms with Crippen molar-refractivity contribution in [3.05, 3.63) is 164 Å². The zero-order valence-electron chi connectivity index (χ0n) is 64.6. The number of carbonyl (C=O) groups excluding carboxylic acids is 5. The molecule has 0 aromatic heterocycles. The van der Waals surface area contributed by atoms with E-state index < -0.39 is 66.0 Å². The smallest absolute Gasteiger partial charge is 0.326 e. The molecule has 0 spiro atoms. The first-order chi connectivity index (χ1) is 45.6. The van der Waals surface area contributed by atoms with Crippen LogP contribution in [0.2, 0.25) is 0 Å². The molecule has 0 aliphatic rings. The second-order valence-electron chi connectivity index (χ2n) is 34.4. The molecule has 15 heteroatoms. The maximum Gasteiger partial charge on any atom is 0.326 e. The van der Waals surface area contributed by atoms with Gasteiger partial charge in [-0.2, -0.15) is 0 Å². The molecule has 1 atom stereocenters. The molecule has 6 aromatic rings. The summed E-state index contributed by atoms with van der Waals surface area (Å²) in [6.45, 7) is 52.2. The number of benzene rings is 6. The molecular weight excluding hydrogens is 1280 g/mol. The normalized spacial score (nSPS) is 12.9. The topological polar surface area (TPSA) is 162 Å². The van der Waals surface area contributed by atoms with Gasteiger partial charge in [0.15, 0.2) is 0 Å². The van der Waals surface area contributed by atoms with E-state index in [4.69, 9.17) is 32.3 Å². The summed E-state index contributed by atoms with van der Waals surface area (Å²) in [4.78, 5) is 64.9. The Hall–Kier alpha value is -7.16. The number of aliphatic imine (C=N–C) groups is 1. The summed E-state index contributed by atoms with van der Waals surface area (Å²) in [5.41, 5.74) is 10.4. The average molecular weight is 1390 g/mol. The molecular formula is C84H113NO12P2. The molecule has 6 rings (SSSR count). The molecule has 0 saturated heterocycles. The Morgan fingerprint density at radius 2 is 0.515 bits per heavy atom. The largest absolute Gasteiger partial charge is 0.469 e. The van der Waals surface area contributed by atoms with Crippen LogP contribution >= 0.6 is 16.8 Å². The molecule has 0 saturated carbocycles. The van der Waals surface area contributed by atoms with Gasteiger partial charge in [-0.1, -0.05) is 239 Å². The number of methoxy groups -OCH3 is 3. The fraction of sp³-hybridized carbons (Fsp3) is 0.512. The Balaban J connectivity index is 1.61. The number of nitrogens with zero attached hydrogens (tertiary/aromatic N) is 1. The average Bonchev–Trinajstić information content (AvgIpc) is 0.773. The summed E-state index contributed by atoms with van der Waals surface area (Å²) in [6, 6.07) is 34.1. The number of rotatable bonds is 23. The van der Waals surface area contributed by atoms with E-state index >= 15 is 0 Å². The van der Waals surface area contributed by atoms with Gasteiger partial charge < -0.3 is 32.3 Å². The molecule has 1 unspecified atom stereocenters. The van der Waals surface area contributed by atoms with Gasteiger partial charge in [-0.25, -0.2) is 4.79 Å². The van der Waals surface area contributed by atoms with Crippen molar-refractivity contribution in [3.8, 4) is 34.1 Å². The fourth-order valence-electron chi connectivity index (χ4n) is 11.7. The van der Waals surface area contributed by atoms with Crippen LogP contribution in [0.5, 0.6) is 23.0 Å². The van der Waals surface area contributed by atoms with Crippen molar-refractivity contribution in [1.82, 2.24) is 0 Å². The summed E-state index contributed by atoms with van der Waals surface area (Å²) in [5, 5.41) is 1.67. The van der Waals surface area contributed by atoms with Crippen LogP contribution in [-0.4, -0.2) is 51.2 Å². The van der Waals surface area contributed by atoms with Gasteiger partial charge in [0.1, 0.15) is 23.0 Å². The predicted octanol–water partition coefficient (Wildman–Crippen LogP) is 20.0. The number of amides is 1. The molecule has 6 aromatic carbocycles. The van der Waals surface area contributed by atoms with E-state index in [0.717, 1.165) is 106 Å². The van der Waals surface area contributed by atoms with Crippen LogP contribution in [0.25, 0.3) is 11.1 Å². The summed E-state index contributed by atoms with van der Waals surface area (Å²) in [7, 11) is 0.309. The highest BCUT2D eigenvalue weighted by molar-refractivity contribution is 7.57. The number of isocyanates is 1. The monoisotopic (exact) mass is 1390 g/mol. The van der Waals surface area contributed by atoms with Gasteiger partial charge in [-0.15, -0.1) is 4.99 Å². The van der Waals surface area contributed by atoms with Gasteiger partial charge in [-0.3, -0.25) is 19.2 Å². The molecule has 1 amide bonds. The minimum Gasteiger partial charge on any atom is -0.469 e. The van der Waals surface area contributed by atoms with Crippen molar-refractivity contribution in [2.45, 2.75) is 261 Å². The zero-order valence-corrected chi connectivity index (χ0v) is 66.4. The first-order valence-corrected chi connectivity index (χ1v) is 37.0. The summed E-state index contributed by atoms with van der Waals surface area (Å²) in [5.74, 6) is 1.56. The Kier molecular flexibility index (Phi) is 26.0. The van der Waals surface area contributed by atoms with E-state index in [9.17, 15) is 24.0 Å². The zero-order chi connectivity index (χ0) is 74.3. The maximum absolute atomic E-state index is 12.6. The molecule has 0 aliphatic carbocycles. The van der Waals surface area contributed by atoms with E-state index in [-0.39, 0.29) is 43.6 Å². The van der Waals surface area contributed by atoms with Gasteiger partial charge in [0.25, 0.3) is 5.91 Å². The first kappa shape index (κ1) is 80.8. The van der Waals surface area contributed by atoms with Gasteiger partial charge in [-0.05, 0) is 127 Å². The second-order valence-corrected chi connectivity index (χ2v) is 37.2. The number of ether oxygens (including phenoxy) is 3. The van der Waals surface area contributed by atoms with Crippen molar-refractivity contribution in [2.24, 2.45) is 4.99 Å². The lowest BCUT2D eigenvalue weighted by molar-refractivity contribution is -0.141. The van der Waals surface area contributed by atoms with Crippen molar-refractivity contribution in [2.75, 3.05) is 21.3 Å². The molecule has 0 radical (unpaired) electrons. The molecule has 0 bridgehead atoms. The molecule has 0 N–H and O–H groups in total. The van der Waals surface area contributed by atoms with Crippen molar-refractivity contribution < 1.29 is 56.3 Å². The molecule has 0 aliphatic heterocycles. The van der Waals surface area contributed by atoms with Gasteiger partial charge in [0.05, 0.1) is 31.9 Å². The number of hydrogen-bond acceptors (Lipinski definition) is 12. The van der Waals surface area contributed by atoms with Crippen LogP contribution in [0.4, 0.5) is 0 Å². The van der Waals surface area contributed by atoms with Crippen LogP contribution in [0.1, 0.15) is 259 Å². The van der Waals surface area contributed by atoms with Crippen molar-refractivity contribution in [1.29, 1.82) is 0 Å². The van der Waals surface area contributed by atoms with Crippen molar-refractivity contribution in [3.63, 3.8) is 0 Å². The number of carbonyl (C=O) groups is 4. The number of hydrogen-bond donors (Lipinski definition) is 0. The third-order valence-electron chi connectivity index (χ3n) is 17.6. The van der Waals surface area contributed by atoms with Gasteiger partial charge in [0, 0.05) is 70.2 Å². The van der Waals surface area contributed by atoms with Gasteiger partial charge in [0.2, 0.25) is 6.08 Å². The number of aryl methyl sites for hydroxylation is 4.